The van der Waals surface area contributed by atoms with Gasteiger partial charge in [0, 0.05) is 23.9 Å². The highest BCUT2D eigenvalue weighted by Gasteiger charge is 2.25. The summed E-state index contributed by atoms with van der Waals surface area (Å²) in [5.41, 5.74) is 2.11. The van der Waals surface area contributed by atoms with Gasteiger partial charge < -0.3 is 14.2 Å². The van der Waals surface area contributed by atoms with E-state index < -0.39 is 0 Å². The van der Waals surface area contributed by atoms with Crippen LogP contribution in [0.5, 0.6) is 17.2 Å². The summed E-state index contributed by atoms with van der Waals surface area (Å²) >= 11 is 3.53. The molecule has 5 heteroatoms. The Morgan fingerprint density at radius 2 is 1.71 bits per heavy atom. The molecule has 1 heterocycles. The van der Waals surface area contributed by atoms with E-state index in [4.69, 9.17) is 14.2 Å². The van der Waals surface area contributed by atoms with Crippen molar-refractivity contribution in [1.29, 1.82) is 0 Å². The second-order valence-corrected chi connectivity index (χ2v) is 4.38. The minimum Gasteiger partial charge on any atom is -0.492 e. The molecule has 0 saturated carbocycles. The average molecular weight is 300 g/mol. The van der Waals surface area contributed by atoms with Crippen molar-refractivity contribution in [2.75, 3.05) is 27.9 Å². The first-order valence-electron chi connectivity index (χ1n) is 5.24. The van der Waals surface area contributed by atoms with Gasteiger partial charge in [0.1, 0.15) is 0 Å². The molecule has 0 atom stereocenters. The van der Waals surface area contributed by atoms with E-state index in [1.807, 2.05) is 6.21 Å². The van der Waals surface area contributed by atoms with Crippen molar-refractivity contribution in [3.8, 4) is 17.2 Å². The maximum Gasteiger partial charge on any atom is 0.204 e. The van der Waals surface area contributed by atoms with Gasteiger partial charge in [-0.05, 0) is 22.4 Å². The highest BCUT2D eigenvalue weighted by Crippen LogP contribution is 2.47. The molecule has 1 aromatic rings. The highest BCUT2D eigenvalue weighted by molar-refractivity contribution is 9.10. The summed E-state index contributed by atoms with van der Waals surface area (Å²) in [6.45, 7) is 0.769. The molecule has 0 spiro atoms. The van der Waals surface area contributed by atoms with Crippen LogP contribution in [0.1, 0.15) is 11.1 Å². The lowest BCUT2D eigenvalue weighted by Gasteiger charge is -2.21. The topological polar surface area (TPSA) is 40.0 Å². The van der Waals surface area contributed by atoms with Gasteiger partial charge in [0.15, 0.2) is 11.5 Å². The Labute approximate surface area is 109 Å². The number of benzene rings is 1. The number of hydrogen-bond acceptors (Lipinski definition) is 4. The van der Waals surface area contributed by atoms with Gasteiger partial charge in [0.05, 0.1) is 25.8 Å². The maximum absolute atomic E-state index is 5.44. The lowest BCUT2D eigenvalue weighted by molar-refractivity contribution is 0.320. The van der Waals surface area contributed by atoms with E-state index in [0.717, 1.165) is 34.3 Å². The van der Waals surface area contributed by atoms with Gasteiger partial charge in [-0.2, -0.15) is 0 Å². The molecular weight excluding hydrogens is 286 g/mol. The number of nitrogens with zero attached hydrogens (tertiary/aromatic N) is 1. The van der Waals surface area contributed by atoms with Gasteiger partial charge in [-0.25, -0.2) is 0 Å². The van der Waals surface area contributed by atoms with Gasteiger partial charge in [0.2, 0.25) is 5.75 Å². The third-order valence-corrected chi connectivity index (χ3v) is 3.56. The van der Waals surface area contributed by atoms with Crippen molar-refractivity contribution in [1.82, 2.24) is 0 Å². The Kier molecular flexibility index (Phi) is 3.57. The van der Waals surface area contributed by atoms with Gasteiger partial charge in [-0.15, -0.1) is 0 Å². The quantitative estimate of drug-likeness (QED) is 0.861. The maximum atomic E-state index is 5.44. The van der Waals surface area contributed by atoms with Crippen LogP contribution in [-0.2, 0) is 6.42 Å². The van der Waals surface area contributed by atoms with Crippen molar-refractivity contribution < 1.29 is 14.2 Å². The Morgan fingerprint density at radius 3 is 2.29 bits per heavy atom. The first kappa shape index (κ1) is 12.2. The summed E-state index contributed by atoms with van der Waals surface area (Å²) in [5.74, 6) is 1.99. The third-order valence-electron chi connectivity index (χ3n) is 2.77. The SMILES string of the molecule is COc1c(Br)c2c(c(OC)c1OC)CCN=C2. The van der Waals surface area contributed by atoms with E-state index >= 15 is 0 Å². The van der Waals surface area contributed by atoms with Crippen LogP contribution in [0.25, 0.3) is 0 Å². The fourth-order valence-electron chi connectivity index (χ4n) is 2.02. The number of ether oxygens (including phenoxy) is 3. The zero-order valence-corrected chi connectivity index (χ0v) is 11.6. The number of aliphatic imine (C=N–C) groups is 1. The molecule has 0 amide bonds. The van der Waals surface area contributed by atoms with E-state index in [0.29, 0.717) is 11.5 Å². The first-order chi connectivity index (χ1) is 8.24. The average Bonchev–Trinajstić information content (AvgIpc) is 2.38. The molecule has 0 aliphatic carbocycles. The molecule has 0 unspecified atom stereocenters. The van der Waals surface area contributed by atoms with Gasteiger partial charge >= 0.3 is 0 Å². The molecule has 0 N–H and O–H groups in total. The monoisotopic (exact) mass is 299 g/mol. The fraction of sp³-hybridized carbons (Fsp3) is 0.417. The summed E-state index contributed by atoms with van der Waals surface area (Å²) in [4.78, 5) is 4.28. The van der Waals surface area contributed by atoms with Crippen LogP contribution >= 0.6 is 15.9 Å². The molecule has 0 radical (unpaired) electrons. The number of halogens is 1. The molecule has 0 bridgehead atoms. The highest BCUT2D eigenvalue weighted by atomic mass is 79.9. The van der Waals surface area contributed by atoms with Crippen LogP contribution in [0.3, 0.4) is 0 Å². The third kappa shape index (κ3) is 1.88. The summed E-state index contributed by atoms with van der Waals surface area (Å²) in [7, 11) is 4.85. The van der Waals surface area contributed by atoms with E-state index in [-0.39, 0.29) is 0 Å². The van der Waals surface area contributed by atoms with Crippen molar-refractivity contribution >= 4 is 22.1 Å². The molecule has 92 valence electrons. The molecule has 0 saturated heterocycles. The Balaban J connectivity index is 2.77. The molecule has 0 aromatic heterocycles. The Hall–Kier alpha value is -1.23. The van der Waals surface area contributed by atoms with Crippen molar-refractivity contribution in [3.05, 3.63) is 15.6 Å². The predicted molar refractivity (Wildman–Crippen MR) is 70.0 cm³/mol. The lowest BCUT2D eigenvalue weighted by Crippen LogP contribution is -2.09. The van der Waals surface area contributed by atoms with Crippen LogP contribution < -0.4 is 14.2 Å². The van der Waals surface area contributed by atoms with Crippen molar-refractivity contribution in [3.63, 3.8) is 0 Å². The summed E-state index contributed by atoms with van der Waals surface area (Å²) < 4.78 is 17.0. The number of hydrogen-bond donors (Lipinski definition) is 0. The Bertz CT molecular complexity index is 472. The van der Waals surface area contributed by atoms with Crippen LogP contribution in [0.4, 0.5) is 0 Å². The number of rotatable bonds is 3. The normalized spacial score (nSPS) is 13.2. The summed E-state index contributed by atoms with van der Waals surface area (Å²) in [6.07, 6.45) is 2.68. The standard InChI is InChI=1S/C12H14BrNO3/c1-15-10-7-4-5-14-6-8(7)9(13)11(16-2)12(10)17-3/h6H,4-5H2,1-3H3. The second kappa shape index (κ2) is 4.96. The number of fused-ring (bicyclic) bond motifs is 1. The fourth-order valence-corrected chi connectivity index (χ4v) is 2.70. The molecule has 1 aromatic carbocycles. The number of methoxy groups -OCH3 is 3. The zero-order valence-electron chi connectivity index (χ0n) is 10.0. The van der Waals surface area contributed by atoms with Crippen LogP contribution in [-0.4, -0.2) is 34.1 Å². The van der Waals surface area contributed by atoms with Gasteiger partial charge in [-0.3, -0.25) is 4.99 Å². The molecule has 2 rings (SSSR count). The molecule has 1 aliphatic heterocycles. The van der Waals surface area contributed by atoms with E-state index in [1.54, 1.807) is 21.3 Å². The minimum absolute atomic E-state index is 0.621. The molecule has 1 aliphatic rings. The van der Waals surface area contributed by atoms with Crippen LogP contribution in [0, 0.1) is 0 Å². The van der Waals surface area contributed by atoms with Crippen molar-refractivity contribution in [2.24, 2.45) is 4.99 Å². The van der Waals surface area contributed by atoms with Crippen molar-refractivity contribution in [2.45, 2.75) is 6.42 Å². The van der Waals surface area contributed by atoms with Crippen LogP contribution in [0.15, 0.2) is 9.47 Å². The minimum atomic E-state index is 0.621. The smallest absolute Gasteiger partial charge is 0.204 e. The van der Waals surface area contributed by atoms with Gasteiger partial charge in [0.25, 0.3) is 0 Å². The van der Waals surface area contributed by atoms with Gasteiger partial charge in [-0.1, -0.05) is 0 Å². The molecular formula is C12H14BrNO3. The summed E-state index contributed by atoms with van der Waals surface area (Å²) in [5, 5.41) is 0. The van der Waals surface area contributed by atoms with E-state index in [1.165, 1.54) is 0 Å². The first-order valence-corrected chi connectivity index (χ1v) is 6.04. The molecule has 17 heavy (non-hydrogen) atoms. The largest absolute Gasteiger partial charge is 0.492 e. The van der Waals surface area contributed by atoms with Crippen LogP contribution in [0.2, 0.25) is 0 Å². The predicted octanol–water partition coefficient (Wildman–Crippen LogP) is 2.45. The zero-order chi connectivity index (χ0) is 12.4. The van der Waals surface area contributed by atoms with E-state index in [9.17, 15) is 0 Å². The lowest BCUT2D eigenvalue weighted by atomic mass is 10.0. The summed E-state index contributed by atoms with van der Waals surface area (Å²) in [6, 6.07) is 0. The van der Waals surface area contributed by atoms with E-state index in [2.05, 4.69) is 20.9 Å². The molecule has 4 nitrogen and oxygen atoms in total. The second-order valence-electron chi connectivity index (χ2n) is 3.59. The Morgan fingerprint density at radius 1 is 1.06 bits per heavy atom. The molecule has 0 fully saturated rings.